The fourth-order valence-corrected chi connectivity index (χ4v) is 5.33. The summed E-state index contributed by atoms with van der Waals surface area (Å²) in [6, 6.07) is 5.08. The first-order valence-corrected chi connectivity index (χ1v) is 12.8. The zero-order valence-corrected chi connectivity index (χ0v) is 21.3. The topological polar surface area (TPSA) is 65.1 Å². The molecule has 1 N–H and O–H groups in total. The van der Waals surface area contributed by atoms with E-state index < -0.39 is 5.92 Å². The Balaban J connectivity index is 1.24. The van der Waals surface area contributed by atoms with Crippen LogP contribution in [-0.2, 0) is 14.3 Å². The minimum Gasteiger partial charge on any atom is -0.474 e. The van der Waals surface area contributed by atoms with E-state index in [4.69, 9.17) is 4.74 Å². The Bertz CT molecular complexity index is 944. The highest BCUT2D eigenvalue weighted by Gasteiger charge is 2.30. The van der Waals surface area contributed by atoms with Gasteiger partial charge in [0.1, 0.15) is 11.4 Å². The third-order valence-corrected chi connectivity index (χ3v) is 7.23. The van der Waals surface area contributed by atoms with Gasteiger partial charge in [-0.3, -0.25) is 19.8 Å². The van der Waals surface area contributed by atoms with E-state index in [2.05, 4.69) is 26.6 Å². The van der Waals surface area contributed by atoms with Gasteiger partial charge < -0.3 is 14.5 Å². The van der Waals surface area contributed by atoms with Crippen molar-refractivity contribution in [2.24, 2.45) is 5.92 Å². The van der Waals surface area contributed by atoms with Gasteiger partial charge in [-0.1, -0.05) is 6.07 Å². The summed E-state index contributed by atoms with van der Waals surface area (Å²) in [5.41, 5.74) is 1.00. The molecule has 3 aliphatic rings. The van der Waals surface area contributed by atoms with Crippen LogP contribution in [0.3, 0.4) is 0 Å². The lowest BCUT2D eigenvalue weighted by Crippen LogP contribution is -2.49. The van der Waals surface area contributed by atoms with E-state index in [-0.39, 0.29) is 23.2 Å². The van der Waals surface area contributed by atoms with Gasteiger partial charge in [0.2, 0.25) is 11.8 Å². The number of hydrogen-bond donors (Lipinski definition) is 1. The summed E-state index contributed by atoms with van der Waals surface area (Å²) in [5, 5.41) is 2.35. The second-order valence-electron chi connectivity index (χ2n) is 11.0. The Hall–Kier alpha value is -2.61. The summed E-state index contributed by atoms with van der Waals surface area (Å²) in [6.07, 6.45) is 2.98. The lowest BCUT2D eigenvalue weighted by Gasteiger charge is -2.40. The van der Waals surface area contributed by atoms with E-state index in [0.717, 1.165) is 64.5 Å². The summed E-state index contributed by atoms with van der Waals surface area (Å²) in [5.74, 6) is 0.0769. The first kappa shape index (κ1) is 25.5. The number of hydrogen-bond acceptors (Lipinski definition) is 6. The van der Waals surface area contributed by atoms with Crippen molar-refractivity contribution in [1.29, 1.82) is 0 Å². The quantitative estimate of drug-likeness (QED) is 0.491. The summed E-state index contributed by atoms with van der Waals surface area (Å²) in [7, 11) is 0. The Morgan fingerprint density at radius 2 is 1.77 bits per heavy atom. The number of piperazine rings is 1. The first-order chi connectivity index (χ1) is 16.6. The highest BCUT2D eigenvalue weighted by atomic mass is 19.1. The van der Waals surface area contributed by atoms with Crippen molar-refractivity contribution < 1.29 is 18.7 Å². The largest absolute Gasteiger partial charge is 0.474 e. The number of amides is 2. The van der Waals surface area contributed by atoms with Crippen LogP contribution in [0.2, 0.25) is 0 Å². The van der Waals surface area contributed by atoms with Crippen LogP contribution in [0.4, 0.5) is 10.1 Å². The molecule has 1 aromatic rings. The summed E-state index contributed by atoms with van der Waals surface area (Å²) < 4.78 is 20.9. The number of likely N-dealkylation sites (tertiary alicyclic amines) is 1. The Morgan fingerprint density at radius 3 is 2.37 bits per heavy atom. The van der Waals surface area contributed by atoms with Gasteiger partial charge in [-0.25, -0.2) is 4.39 Å². The van der Waals surface area contributed by atoms with Crippen LogP contribution < -0.4 is 10.2 Å². The second-order valence-corrected chi connectivity index (χ2v) is 11.0. The second kappa shape index (κ2) is 10.6. The lowest BCUT2D eigenvalue weighted by atomic mass is 9.90. The van der Waals surface area contributed by atoms with E-state index in [0.29, 0.717) is 30.0 Å². The number of ether oxygens (including phenoxy) is 1. The number of piperidine rings is 2. The van der Waals surface area contributed by atoms with Crippen LogP contribution in [-0.4, -0.2) is 73.0 Å². The number of anilines is 1. The van der Waals surface area contributed by atoms with Crippen LogP contribution in [0.1, 0.15) is 57.9 Å². The van der Waals surface area contributed by atoms with E-state index in [9.17, 15) is 14.0 Å². The van der Waals surface area contributed by atoms with Gasteiger partial charge in [-0.05, 0) is 70.2 Å². The lowest BCUT2D eigenvalue weighted by molar-refractivity contribution is -0.134. The van der Waals surface area contributed by atoms with Crippen molar-refractivity contribution in [2.75, 3.05) is 50.7 Å². The highest BCUT2D eigenvalue weighted by Crippen LogP contribution is 2.30. The number of halogens is 1. The van der Waals surface area contributed by atoms with Crippen molar-refractivity contribution in [2.45, 2.75) is 58.0 Å². The first-order valence-electron chi connectivity index (χ1n) is 12.8. The average Bonchev–Trinajstić information content (AvgIpc) is 2.79. The fraction of sp³-hybridized carbons (Fsp3) is 0.630. The van der Waals surface area contributed by atoms with Crippen molar-refractivity contribution in [3.8, 4) is 0 Å². The Labute approximate surface area is 208 Å². The van der Waals surface area contributed by atoms with Crippen molar-refractivity contribution in [3.63, 3.8) is 0 Å². The van der Waals surface area contributed by atoms with E-state index >= 15 is 0 Å². The van der Waals surface area contributed by atoms with Crippen LogP contribution in [0.25, 0.3) is 0 Å². The predicted octanol–water partition coefficient (Wildman–Crippen LogP) is 3.47. The number of imide groups is 1. The molecular weight excluding hydrogens is 447 g/mol. The van der Waals surface area contributed by atoms with Crippen molar-refractivity contribution in [3.05, 3.63) is 42.0 Å². The maximum absolute atomic E-state index is 15.0. The smallest absolute Gasteiger partial charge is 0.234 e. The van der Waals surface area contributed by atoms with Gasteiger partial charge in [0.15, 0.2) is 5.88 Å². The number of nitrogens with zero attached hydrogens (tertiary/aromatic N) is 3. The minimum absolute atomic E-state index is 0.224. The fourth-order valence-electron chi connectivity index (χ4n) is 5.33. The summed E-state index contributed by atoms with van der Waals surface area (Å²) in [6.45, 7) is 16.7. The van der Waals surface area contributed by atoms with Crippen molar-refractivity contribution in [1.82, 2.24) is 15.1 Å². The molecule has 3 saturated heterocycles. The zero-order chi connectivity index (χ0) is 25.2. The van der Waals surface area contributed by atoms with Crippen LogP contribution >= 0.6 is 0 Å². The molecule has 7 nitrogen and oxygen atoms in total. The molecule has 0 aliphatic carbocycles. The van der Waals surface area contributed by atoms with E-state index in [1.165, 1.54) is 6.07 Å². The molecule has 1 atom stereocenters. The monoisotopic (exact) mass is 486 g/mol. The summed E-state index contributed by atoms with van der Waals surface area (Å²) >= 11 is 0. The molecular formula is C27H39FN4O3. The van der Waals surface area contributed by atoms with Gasteiger partial charge >= 0.3 is 0 Å². The highest BCUT2D eigenvalue weighted by molar-refractivity contribution is 6.00. The Morgan fingerprint density at radius 1 is 1.09 bits per heavy atom. The number of carbonyl (C=O) groups is 2. The van der Waals surface area contributed by atoms with Crippen LogP contribution in [0.5, 0.6) is 0 Å². The maximum atomic E-state index is 15.0. The normalized spacial score (nSPS) is 22.8. The van der Waals surface area contributed by atoms with Gasteiger partial charge in [0, 0.05) is 52.2 Å². The average molecular weight is 487 g/mol. The zero-order valence-electron chi connectivity index (χ0n) is 21.3. The molecule has 1 unspecified atom stereocenters. The third-order valence-electron chi connectivity index (χ3n) is 7.23. The number of nitrogens with one attached hydrogen (secondary N) is 1. The minimum atomic E-state index is -0.461. The van der Waals surface area contributed by atoms with Gasteiger partial charge in [-0.2, -0.15) is 0 Å². The Kier molecular flexibility index (Phi) is 7.69. The molecule has 4 rings (SSSR count). The molecule has 0 saturated carbocycles. The van der Waals surface area contributed by atoms with E-state index in [1.807, 2.05) is 26.8 Å². The molecule has 3 aliphatic heterocycles. The summed E-state index contributed by atoms with van der Waals surface area (Å²) in [4.78, 5) is 30.4. The van der Waals surface area contributed by atoms with Gasteiger partial charge in [0.25, 0.3) is 0 Å². The molecule has 192 valence electrons. The molecule has 35 heavy (non-hydrogen) atoms. The van der Waals surface area contributed by atoms with Crippen LogP contribution in [0, 0.1) is 11.7 Å². The molecule has 0 radical (unpaired) electrons. The molecule has 2 amide bonds. The molecule has 0 spiro atoms. The molecule has 3 heterocycles. The SMILES string of the molecule is C=C(OC(C)(C)C)N1CCC(CN2CCN(c3ccc(C4CCC(=O)NC4=O)cc3F)CC2)CC1. The predicted molar refractivity (Wildman–Crippen MR) is 134 cm³/mol. The number of benzene rings is 1. The van der Waals surface area contributed by atoms with E-state index in [1.54, 1.807) is 6.07 Å². The molecule has 0 aromatic heterocycles. The van der Waals surface area contributed by atoms with Gasteiger partial charge in [-0.15, -0.1) is 0 Å². The molecule has 3 fully saturated rings. The molecule has 1 aromatic carbocycles. The van der Waals surface area contributed by atoms with Crippen LogP contribution in [0.15, 0.2) is 30.7 Å². The number of rotatable bonds is 6. The standard InChI is InChI=1S/C27H39FN4O3/c1-19(35-27(2,3)4)31-11-9-20(10-12-31)18-30-13-15-32(16-14-30)24-7-5-21(17-23(24)28)22-6-8-25(33)29-26(22)34/h5,7,17,20,22H,1,6,8-16,18H2,2-4H3,(H,29,33,34). The maximum Gasteiger partial charge on any atom is 0.234 e. The van der Waals surface area contributed by atoms with Crippen molar-refractivity contribution >= 4 is 17.5 Å². The third kappa shape index (κ3) is 6.54. The molecule has 0 bridgehead atoms. The number of carbonyl (C=O) groups excluding carboxylic acids is 2. The van der Waals surface area contributed by atoms with Gasteiger partial charge in [0.05, 0.1) is 11.6 Å². The molecule has 8 heteroatoms.